The molecule has 3 heteroatoms. The van der Waals surface area contributed by atoms with Gasteiger partial charge >= 0.3 is 0 Å². The summed E-state index contributed by atoms with van der Waals surface area (Å²) in [6.45, 7) is 2.93. The van der Waals surface area contributed by atoms with Gasteiger partial charge in [0.25, 0.3) is 0 Å². The van der Waals surface area contributed by atoms with Crippen molar-refractivity contribution in [3.05, 3.63) is 53.5 Å². The molecular weight excluding hydrogens is 241 g/mol. The molecule has 1 aromatic heterocycles. The van der Waals surface area contributed by atoms with E-state index >= 15 is 0 Å². The summed E-state index contributed by atoms with van der Waals surface area (Å²) in [6.07, 6.45) is 2.96. The molecule has 2 aromatic rings. The predicted molar refractivity (Wildman–Crippen MR) is 76.3 cm³/mol. The average molecular weight is 259 g/mol. The molecule has 0 bridgehead atoms. The molecule has 100 valence electrons. The maximum Gasteiger partial charge on any atom is 0.137 e. The molecule has 0 spiro atoms. The van der Waals surface area contributed by atoms with E-state index in [1.165, 1.54) is 11.6 Å². The van der Waals surface area contributed by atoms with Gasteiger partial charge in [0, 0.05) is 6.54 Å². The zero-order valence-corrected chi connectivity index (χ0v) is 11.2. The Morgan fingerprint density at radius 1 is 1.26 bits per heavy atom. The molecule has 2 nitrogen and oxygen atoms in total. The number of halogens is 1. The van der Waals surface area contributed by atoms with Crippen molar-refractivity contribution in [1.82, 2.24) is 5.32 Å². The zero-order chi connectivity index (χ0) is 13.7. The van der Waals surface area contributed by atoms with Crippen molar-refractivity contribution >= 4 is 6.08 Å². The summed E-state index contributed by atoms with van der Waals surface area (Å²) in [5, 5.41) is 3.12. The predicted octanol–water partition coefficient (Wildman–Crippen LogP) is 4.10. The number of rotatable bonds is 5. The lowest BCUT2D eigenvalue weighted by Gasteiger charge is -2.02. The molecule has 0 aliphatic heterocycles. The van der Waals surface area contributed by atoms with Crippen molar-refractivity contribution in [1.29, 1.82) is 0 Å². The molecule has 0 saturated heterocycles. The van der Waals surface area contributed by atoms with Crippen LogP contribution < -0.4 is 5.32 Å². The Hall–Kier alpha value is -1.87. The standard InChI is InChI=1S/C16H18FNO/c1-3-12(11-18-2)10-13-8-9-16(19-13)14-6-4-5-7-15(14)17/h4-10,18H,3,11H2,1-2H3. The lowest BCUT2D eigenvalue weighted by Crippen LogP contribution is -2.09. The minimum absolute atomic E-state index is 0.265. The highest BCUT2D eigenvalue weighted by Crippen LogP contribution is 2.25. The first-order valence-corrected chi connectivity index (χ1v) is 6.43. The highest BCUT2D eigenvalue weighted by Gasteiger charge is 2.08. The van der Waals surface area contributed by atoms with Crippen molar-refractivity contribution < 1.29 is 8.81 Å². The van der Waals surface area contributed by atoms with Crippen LogP contribution in [0.5, 0.6) is 0 Å². The van der Waals surface area contributed by atoms with E-state index in [2.05, 4.69) is 12.2 Å². The maximum atomic E-state index is 13.6. The fourth-order valence-corrected chi connectivity index (χ4v) is 1.94. The molecular formula is C16H18FNO. The minimum atomic E-state index is -0.265. The number of benzene rings is 1. The smallest absolute Gasteiger partial charge is 0.137 e. The fraction of sp³-hybridized carbons (Fsp3) is 0.250. The molecule has 19 heavy (non-hydrogen) atoms. The normalized spacial score (nSPS) is 11.8. The molecule has 1 heterocycles. The van der Waals surface area contributed by atoms with E-state index in [1.807, 2.05) is 19.2 Å². The van der Waals surface area contributed by atoms with Crippen LogP contribution in [0, 0.1) is 5.82 Å². The third-order valence-electron chi connectivity index (χ3n) is 2.97. The van der Waals surface area contributed by atoms with E-state index in [1.54, 1.807) is 24.3 Å². The molecule has 1 N–H and O–H groups in total. The zero-order valence-electron chi connectivity index (χ0n) is 11.2. The van der Waals surface area contributed by atoms with Gasteiger partial charge < -0.3 is 9.73 Å². The van der Waals surface area contributed by atoms with Crippen molar-refractivity contribution in [3.8, 4) is 11.3 Å². The van der Waals surface area contributed by atoms with Crippen molar-refractivity contribution in [2.24, 2.45) is 0 Å². The highest BCUT2D eigenvalue weighted by atomic mass is 19.1. The second-order valence-electron chi connectivity index (χ2n) is 4.37. The van der Waals surface area contributed by atoms with E-state index in [0.29, 0.717) is 11.3 Å². The monoisotopic (exact) mass is 259 g/mol. The van der Waals surface area contributed by atoms with Crippen LogP contribution in [0.2, 0.25) is 0 Å². The number of hydrogen-bond donors (Lipinski definition) is 1. The molecule has 2 rings (SSSR count). The summed E-state index contributed by atoms with van der Waals surface area (Å²) in [6, 6.07) is 10.3. The van der Waals surface area contributed by atoms with Crippen LogP contribution in [0.1, 0.15) is 19.1 Å². The maximum absolute atomic E-state index is 13.6. The highest BCUT2D eigenvalue weighted by molar-refractivity contribution is 5.61. The number of furan rings is 1. The SMILES string of the molecule is CCC(=Cc1ccc(-c2ccccc2F)o1)CNC. The largest absolute Gasteiger partial charge is 0.457 e. The second-order valence-corrected chi connectivity index (χ2v) is 4.37. The number of likely N-dealkylation sites (N-methyl/N-ethyl adjacent to an activating group) is 1. The van der Waals surface area contributed by atoms with Crippen LogP contribution in [0.4, 0.5) is 4.39 Å². The summed E-state index contributed by atoms with van der Waals surface area (Å²) in [4.78, 5) is 0. The van der Waals surface area contributed by atoms with E-state index < -0.39 is 0 Å². The van der Waals surface area contributed by atoms with Gasteiger partial charge in [-0.15, -0.1) is 0 Å². The van der Waals surface area contributed by atoms with Gasteiger partial charge in [0.15, 0.2) is 0 Å². The first kappa shape index (κ1) is 13.6. The molecule has 0 saturated carbocycles. The summed E-state index contributed by atoms with van der Waals surface area (Å²) in [5.74, 6) is 1.05. The van der Waals surface area contributed by atoms with Gasteiger partial charge in [0.2, 0.25) is 0 Å². The van der Waals surface area contributed by atoms with E-state index in [9.17, 15) is 4.39 Å². The molecule has 0 fully saturated rings. The molecule has 1 aromatic carbocycles. The summed E-state index contributed by atoms with van der Waals surface area (Å²) < 4.78 is 19.3. The van der Waals surface area contributed by atoms with Crippen LogP contribution >= 0.6 is 0 Å². The van der Waals surface area contributed by atoms with E-state index in [0.717, 1.165) is 18.7 Å². The third-order valence-corrected chi connectivity index (χ3v) is 2.97. The van der Waals surface area contributed by atoms with Crippen molar-refractivity contribution in [3.63, 3.8) is 0 Å². The van der Waals surface area contributed by atoms with Crippen LogP contribution in [0.15, 0.2) is 46.4 Å². The minimum Gasteiger partial charge on any atom is -0.457 e. The van der Waals surface area contributed by atoms with Gasteiger partial charge in [-0.05, 0) is 43.8 Å². The third kappa shape index (κ3) is 3.32. The molecule has 0 atom stereocenters. The first-order chi connectivity index (χ1) is 9.24. The summed E-state index contributed by atoms with van der Waals surface area (Å²) >= 11 is 0. The molecule has 0 unspecified atom stereocenters. The van der Waals surface area contributed by atoms with Crippen LogP contribution in [0.3, 0.4) is 0 Å². The number of hydrogen-bond acceptors (Lipinski definition) is 2. The summed E-state index contributed by atoms with van der Waals surface area (Å²) in [7, 11) is 1.91. The fourth-order valence-electron chi connectivity index (χ4n) is 1.94. The Labute approximate surface area is 112 Å². The van der Waals surface area contributed by atoms with Crippen molar-refractivity contribution in [2.45, 2.75) is 13.3 Å². The molecule has 0 aliphatic carbocycles. The Balaban J connectivity index is 2.27. The van der Waals surface area contributed by atoms with Gasteiger partial charge in [-0.3, -0.25) is 0 Å². The van der Waals surface area contributed by atoms with Gasteiger partial charge in [-0.1, -0.05) is 24.6 Å². The van der Waals surface area contributed by atoms with E-state index in [4.69, 9.17) is 4.42 Å². The Morgan fingerprint density at radius 3 is 2.74 bits per heavy atom. The Kier molecular flexibility index (Phi) is 4.53. The topological polar surface area (TPSA) is 25.2 Å². The Bertz CT molecular complexity index is 572. The lowest BCUT2D eigenvalue weighted by atomic mass is 10.1. The van der Waals surface area contributed by atoms with Crippen LogP contribution in [-0.4, -0.2) is 13.6 Å². The van der Waals surface area contributed by atoms with Crippen molar-refractivity contribution in [2.75, 3.05) is 13.6 Å². The quantitative estimate of drug-likeness (QED) is 0.874. The van der Waals surface area contributed by atoms with Crippen LogP contribution in [0.25, 0.3) is 17.4 Å². The second kappa shape index (κ2) is 6.34. The molecule has 0 amide bonds. The van der Waals surface area contributed by atoms with Gasteiger partial charge in [-0.25, -0.2) is 4.39 Å². The van der Waals surface area contributed by atoms with E-state index in [-0.39, 0.29) is 5.82 Å². The molecule has 0 aliphatic rings. The first-order valence-electron chi connectivity index (χ1n) is 6.43. The van der Waals surface area contributed by atoms with Gasteiger partial charge in [0.1, 0.15) is 17.3 Å². The lowest BCUT2D eigenvalue weighted by molar-refractivity contribution is 0.560. The van der Waals surface area contributed by atoms with Crippen LogP contribution in [-0.2, 0) is 0 Å². The number of nitrogens with one attached hydrogen (secondary N) is 1. The van der Waals surface area contributed by atoms with Gasteiger partial charge in [0.05, 0.1) is 5.56 Å². The average Bonchev–Trinajstić information content (AvgIpc) is 2.87. The summed E-state index contributed by atoms with van der Waals surface area (Å²) in [5.41, 5.74) is 1.74. The van der Waals surface area contributed by atoms with Gasteiger partial charge in [-0.2, -0.15) is 0 Å². The Morgan fingerprint density at radius 2 is 2.05 bits per heavy atom. The molecule has 0 radical (unpaired) electrons.